The van der Waals surface area contributed by atoms with Gasteiger partial charge < -0.3 is 10.1 Å². The van der Waals surface area contributed by atoms with Gasteiger partial charge in [0.25, 0.3) is 0 Å². The molecule has 0 bridgehead atoms. The summed E-state index contributed by atoms with van der Waals surface area (Å²) < 4.78 is 6.22. The van der Waals surface area contributed by atoms with Crippen LogP contribution in [0.5, 0.6) is 0 Å². The molecule has 1 N–H and O–H groups in total. The van der Waals surface area contributed by atoms with Gasteiger partial charge in [0.2, 0.25) is 11.8 Å². The van der Waals surface area contributed by atoms with Crippen molar-refractivity contribution < 1.29 is 14.3 Å². The topological polar surface area (TPSA) is 58.6 Å². The summed E-state index contributed by atoms with van der Waals surface area (Å²) in [6, 6.07) is 9.28. The summed E-state index contributed by atoms with van der Waals surface area (Å²) in [6.45, 7) is 6.52. The Labute approximate surface area is 162 Å². The summed E-state index contributed by atoms with van der Waals surface area (Å²) in [4.78, 5) is 28.0. The van der Waals surface area contributed by atoms with E-state index in [1.165, 1.54) is 0 Å². The number of benzene rings is 1. The molecule has 1 aliphatic heterocycles. The fourth-order valence-electron chi connectivity index (χ4n) is 4.38. The second-order valence-electron chi connectivity index (χ2n) is 8.22. The summed E-state index contributed by atoms with van der Waals surface area (Å²) >= 11 is 0. The summed E-state index contributed by atoms with van der Waals surface area (Å²) in [5, 5.41) is 3.04. The van der Waals surface area contributed by atoms with Crippen LogP contribution in [0.25, 0.3) is 0 Å². The number of carbonyl (C=O) groups is 2. The SMILES string of the molecule is CC[C@H](C)NC(=O)[C@@H]1CO[C@]2(CCC[C@H](C)C2)N1C(=O)Cc1ccccc1. The van der Waals surface area contributed by atoms with Crippen molar-refractivity contribution in [3.05, 3.63) is 35.9 Å². The lowest BCUT2D eigenvalue weighted by atomic mass is 9.83. The van der Waals surface area contributed by atoms with Crippen LogP contribution >= 0.6 is 0 Å². The zero-order valence-corrected chi connectivity index (χ0v) is 16.7. The molecule has 1 spiro atoms. The Balaban J connectivity index is 1.85. The molecule has 0 unspecified atom stereocenters. The fraction of sp³-hybridized carbons (Fsp3) is 0.636. The van der Waals surface area contributed by atoms with Gasteiger partial charge in [0.05, 0.1) is 13.0 Å². The molecule has 1 aromatic carbocycles. The van der Waals surface area contributed by atoms with E-state index in [-0.39, 0.29) is 24.5 Å². The molecule has 1 heterocycles. The first kappa shape index (κ1) is 19.9. The molecular weight excluding hydrogens is 340 g/mol. The highest BCUT2D eigenvalue weighted by Gasteiger charge is 2.53. The first-order chi connectivity index (χ1) is 12.9. The quantitative estimate of drug-likeness (QED) is 0.863. The fourth-order valence-corrected chi connectivity index (χ4v) is 4.38. The molecule has 2 amide bonds. The molecule has 1 saturated heterocycles. The van der Waals surface area contributed by atoms with Gasteiger partial charge in [-0.25, -0.2) is 0 Å². The standard InChI is InChI=1S/C22H32N2O3/c1-4-17(3)23-21(26)19-15-27-22(12-8-9-16(2)14-22)24(19)20(25)13-18-10-6-5-7-11-18/h5-7,10-11,16-17,19H,4,8-9,12-15H2,1-3H3,(H,23,26)/t16-,17-,19-,22-/m0/s1. The van der Waals surface area contributed by atoms with Gasteiger partial charge in [-0.3, -0.25) is 14.5 Å². The Bertz CT molecular complexity index is 663. The molecule has 4 atom stereocenters. The Hall–Kier alpha value is -1.88. The van der Waals surface area contributed by atoms with Gasteiger partial charge in [0.1, 0.15) is 11.8 Å². The summed E-state index contributed by atoms with van der Waals surface area (Å²) in [6.07, 6.45) is 4.95. The minimum absolute atomic E-state index is 0.0166. The molecule has 27 heavy (non-hydrogen) atoms. The summed E-state index contributed by atoms with van der Waals surface area (Å²) in [5.74, 6) is 0.375. The van der Waals surface area contributed by atoms with Crippen LogP contribution in [-0.2, 0) is 20.7 Å². The van der Waals surface area contributed by atoms with Crippen molar-refractivity contribution in [2.45, 2.75) is 77.1 Å². The largest absolute Gasteiger partial charge is 0.353 e. The maximum atomic E-state index is 13.3. The third-order valence-electron chi connectivity index (χ3n) is 5.96. The predicted molar refractivity (Wildman–Crippen MR) is 105 cm³/mol. The molecular formula is C22H32N2O3. The van der Waals surface area contributed by atoms with Gasteiger partial charge in [0, 0.05) is 6.04 Å². The van der Waals surface area contributed by atoms with Crippen molar-refractivity contribution in [1.82, 2.24) is 10.2 Å². The van der Waals surface area contributed by atoms with E-state index in [0.717, 1.165) is 37.7 Å². The average molecular weight is 373 g/mol. The first-order valence-electron chi connectivity index (χ1n) is 10.3. The van der Waals surface area contributed by atoms with E-state index < -0.39 is 11.8 Å². The van der Waals surface area contributed by atoms with Gasteiger partial charge >= 0.3 is 0 Å². The number of nitrogens with one attached hydrogen (secondary N) is 1. The molecule has 1 saturated carbocycles. The van der Waals surface area contributed by atoms with Crippen molar-refractivity contribution in [2.75, 3.05) is 6.61 Å². The highest BCUT2D eigenvalue weighted by Crippen LogP contribution is 2.43. The molecule has 0 aromatic heterocycles. The van der Waals surface area contributed by atoms with E-state index in [0.29, 0.717) is 12.3 Å². The van der Waals surface area contributed by atoms with Gasteiger partial charge in [-0.15, -0.1) is 0 Å². The maximum absolute atomic E-state index is 13.3. The number of hydrogen-bond acceptors (Lipinski definition) is 3. The van der Waals surface area contributed by atoms with E-state index >= 15 is 0 Å². The van der Waals surface area contributed by atoms with Crippen LogP contribution in [0.3, 0.4) is 0 Å². The van der Waals surface area contributed by atoms with E-state index in [1.54, 1.807) is 4.90 Å². The molecule has 5 heteroatoms. The van der Waals surface area contributed by atoms with Crippen molar-refractivity contribution in [2.24, 2.45) is 5.92 Å². The predicted octanol–water partition coefficient (Wildman–Crippen LogP) is 3.28. The van der Waals surface area contributed by atoms with Crippen LogP contribution in [0.2, 0.25) is 0 Å². The third-order valence-corrected chi connectivity index (χ3v) is 5.96. The summed E-state index contributed by atoms with van der Waals surface area (Å²) in [5.41, 5.74) is 0.343. The Kier molecular flexibility index (Phi) is 6.20. The first-order valence-corrected chi connectivity index (χ1v) is 10.3. The molecule has 2 fully saturated rings. The number of hydrogen-bond donors (Lipinski definition) is 1. The lowest BCUT2D eigenvalue weighted by Gasteiger charge is -2.43. The zero-order valence-electron chi connectivity index (χ0n) is 16.7. The second-order valence-corrected chi connectivity index (χ2v) is 8.22. The van der Waals surface area contributed by atoms with Gasteiger partial charge in [-0.05, 0) is 44.1 Å². The van der Waals surface area contributed by atoms with Crippen LogP contribution in [0.4, 0.5) is 0 Å². The Morgan fingerprint density at radius 3 is 2.74 bits per heavy atom. The summed E-state index contributed by atoms with van der Waals surface area (Å²) in [7, 11) is 0. The van der Waals surface area contributed by atoms with Crippen LogP contribution < -0.4 is 5.32 Å². The number of carbonyl (C=O) groups excluding carboxylic acids is 2. The average Bonchev–Trinajstić information content (AvgIpc) is 3.00. The minimum atomic E-state index is -0.624. The van der Waals surface area contributed by atoms with Crippen LogP contribution in [0, 0.1) is 5.92 Å². The van der Waals surface area contributed by atoms with Crippen molar-refractivity contribution in [3.8, 4) is 0 Å². The molecule has 3 rings (SSSR count). The maximum Gasteiger partial charge on any atom is 0.245 e. The van der Waals surface area contributed by atoms with Crippen LogP contribution in [0.15, 0.2) is 30.3 Å². The molecule has 2 aliphatic rings. The lowest BCUT2D eigenvalue weighted by molar-refractivity contribution is -0.162. The van der Waals surface area contributed by atoms with Gasteiger partial charge in [-0.1, -0.05) is 50.6 Å². The number of ether oxygens (including phenoxy) is 1. The van der Waals surface area contributed by atoms with E-state index in [4.69, 9.17) is 4.74 Å². The molecule has 0 radical (unpaired) electrons. The zero-order chi connectivity index (χ0) is 19.4. The van der Waals surface area contributed by atoms with E-state index in [2.05, 4.69) is 12.2 Å². The third kappa shape index (κ3) is 4.34. The molecule has 1 aliphatic carbocycles. The molecule has 148 valence electrons. The minimum Gasteiger partial charge on any atom is -0.353 e. The van der Waals surface area contributed by atoms with Crippen LogP contribution in [-0.4, -0.2) is 41.1 Å². The Morgan fingerprint density at radius 2 is 2.07 bits per heavy atom. The van der Waals surface area contributed by atoms with E-state index in [1.807, 2.05) is 44.2 Å². The second kappa shape index (κ2) is 8.42. The highest BCUT2D eigenvalue weighted by atomic mass is 16.5. The normalized spacial score (nSPS) is 28.9. The number of nitrogens with zero attached hydrogens (tertiary/aromatic N) is 1. The monoisotopic (exact) mass is 372 g/mol. The van der Waals surface area contributed by atoms with E-state index in [9.17, 15) is 9.59 Å². The van der Waals surface area contributed by atoms with Crippen molar-refractivity contribution in [1.29, 1.82) is 0 Å². The van der Waals surface area contributed by atoms with Gasteiger partial charge in [-0.2, -0.15) is 0 Å². The number of rotatable bonds is 5. The lowest BCUT2D eigenvalue weighted by Crippen LogP contribution is -2.58. The van der Waals surface area contributed by atoms with Crippen molar-refractivity contribution in [3.63, 3.8) is 0 Å². The Morgan fingerprint density at radius 1 is 1.33 bits per heavy atom. The smallest absolute Gasteiger partial charge is 0.245 e. The highest BCUT2D eigenvalue weighted by molar-refractivity contribution is 5.89. The van der Waals surface area contributed by atoms with Gasteiger partial charge in [0.15, 0.2) is 0 Å². The number of amides is 2. The molecule has 1 aromatic rings. The van der Waals surface area contributed by atoms with Crippen molar-refractivity contribution >= 4 is 11.8 Å². The van der Waals surface area contributed by atoms with Crippen LogP contribution in [0.1, 0.15) is 58.4 Å². The molecule has 5 nitrogen and oxygen atoms in total.